The first-order valence-corrected chi connectivity index (χ1v) is 8.03. The number of benzene rings is 2. The van der Waals surface area contributed by atoms with Gasteiger partial charge in [0.15, 0.2) is 0 Å². The van der Waals surface area contributed by atoms with Gasteiger partial charge in [0.1, 0.15) is 0 Å². The molecule has 3 N–H and O–H groups in total. The number of anilines is 2. The first-order chi connectivity index (χ1) is 11.5. The SMILES string of the molecule is Cc1c(Cl)cccc1NC(=O)CNC(=O)CNc1ccccc1Cl. The lowest BCUT2D eigenvalue weighted by molar-refractivity contribution is -0.122. The minimum atomic E-state index is -0.327. The average Bonchev–Trinajstić information content (AvgIpc) is 2.56. The third kappa shape index (κ3) is 5.15. The van der Waals surface area contributed by atoms with Gasteiger partial charge in [-0.2, -0.15) is 0 Å². The summed E-state index contributed by atoms with van der Waals surface area (Å²) in [6.07, 6.45) is 0. The number of hydrogen-bond donors (Lipinski definition) is 3. The predicted octanol–water partition coefficient (Wildman–Crippen LogP) is 3.47. The number of nitrogens with one attached hydrogen (secondary N) is 3. The minimum Gasteiger partial charge on any atom is -0.375 e. The van der Waals surface area contributed by atoms with E-state index >= 15 is 0 Å². The van der Waals surface area contributed by atoms with Crippen LogP contribution in [0.2, 0.25) is 10.0 Å². The average molecular weight is 366 g/mol. The Bertz CT molecular complexity index is 750. The maximum atomic E-state index is 11.9. The molecule has 0 atom stereocenters. The minimum absolute atomic E-state index is 0.0210. The molecule has 0 saturated heterocycles. The van der Waals surface area contributed by atoms with Crippen LogP contribution in [0.3, 0.4) is 0 Å². The van der Waals surface area contributed by atoms with Crippen molar-refractivity contribution in [3.05, 3.63) is 58.1 Å². The van der Waals surface area contributed by atoms with E-state index in [1.54, 1.807) is 36.4 Å². The zero-order valence-corrected chi connectivity index (χ0v) is 14.5. The Kier molecular flexibility index (Phi) is 6.46. The number of halogens is 2. The van der Waals surface area contributed by atoms with Crippen molar-refractivity contribution in [1.82, 2.24) is 5.32 Å². The second-order valence-electron chi connectivity index (χ2n) is 5.07. The van der Waals surface area contributed by atoms with E-state index in [4.69, 9.17) is 23.2 Å². The van der Waals surface area contributed by atoms with E-state index in [9.17, 15) is 9.59 Å². The topological polar surface area (TPSA) is 70.2 Å². The second kappa shape index (κ2) is 8.57. The molecule has 0 heterocycles. The predicted molar refractivity (Wildman–Crippen MR) is 97.8 cm³/mol. The van der Waals surface area contributed by atoms with Crippen LogP contribution in [0.15, 0.2) is 42.5 Å². The fraction of sp³-hybridized carbons (Fsp3) is 0.176. The molecule has 0 aliphatic carbocycles. The molecule has 2 aromatic carbocycles. The van der Waals surface area contributed by atoms with Gasteiger partial charge in [0.25, 0.3) is 0 Å². The Morgan fingerprint density at radius 2 is 1.54 bits per heavy atom. The van der Waals surface area contributed by atoms with Gasteiger partial charge < -0.3 is 16.0 Å². The van der Waals surface area contributed by atoms with Gasteiger partial charge in [-0.25, -0.2) is 0 Å². The monoisotopic (exact) mass is 365 g/mol. The Balaban J connectivity index is 1.78. The van der Waals surface area contributed by atoms with Gasteiger partial charge in [-0.15, -0.1) is 0 Å². The van der Waals surface area contributed by atoms with Crippen molar-refractivity contribution >= 4 is 46.4 Å². The summed E-state index contributed by atoms with van der Waals surface area (Å²) in [6, 6.07) is 12.3. The van der Waals surface area contributed by atoms with E-state index in [0.717, 1.165) is 5.56 Å². The van der Waals surface area contributed by atoms with Gasteiger partial charge in [0.2, 0.25) is 11.8 Å². The fourth-order valence-corrected chi connectivity index (χ4v) is 2.34. The van der Waals surface area contributed by atoms with Crippen molar-refractivity contribution in [2.45, 2.75) is 6.92 Å². The normalized spacial score (nSPS) is 10.1. The summed E-state index contributed by atoms with van der Waals surface area (Å²) in [7, 11) is 0. The Morgan fingerprint density at radius 1 is 0.875 bits per heavy atom. The van der Waals surface area contributed by atoms with Crippen molar-refractivity contribution in [3.8, 4) is 0 Å². The van der Waals surface area contributed by atoms with E-state index < -0.39 is 0 Å². The number of rotatable bonds is 6. The molecule has 0 aliphatic rings. The van der Waals surface area contributed by atoms with E-state index in [2.05, 4.69) is 16.0 Å². The molecule has 2 amide bonds. The van der Waals surface area contributed by atoms with Crippen LogP contribution in [-0.4, -0.2) is 24.9 Å². The highest BCUT2D eigenvalue weighted by molar-refractivity contribution is 6.33. The van der Waals surface area contributed by atoms with Gasteiger partial charge in [0.05, 0.1) is 23.8 Å². The Labute approximate surface area is 150 Å². The van der Waals surface area contributed by atoms with E-state index in [1.165, 1.54) is 0 Å². The molecule has 0 radical (unpaired) electrons. The van der Waals surface area contributed by atoms with Crippen LogP contribution in [0.5, 0.6) is 0 Å². The zero-order valence-electron chi connectivity index (χ0n) is 13.0. The van der Waals surface area contributed by atoms with Crippen molar-refractivity contribution < 1.29 is 9.59 Å². The number of hydrogen-bond acceptors (Lipinski definition) is 3. The largest absolute Gasteiger partial charge is 0.375 e. The first kappa shape index (κ1) is 18.1. The molecule has 7 heteroatoms. The molecule has 2 aromatic rings. The van der Waals surface area contributed by atoms with Crippen molar-refractivity contribution in [2.75, 3.05) is 23.7 Å². The quantitative estimate of drug-likeness (QED) is 0.733. The molecule has 0 bridgehead atoms. The van der Waals surface area contributed by atoms with Crippen molar-refractivity contribution in [1.29, 1.82) is 0 Å². The lowest BCUT2D eigenvalue weighted by Crippen LogP contribution is -2.36. The number of carbonyl (C=O) groups is 2. The maximum Gasteiger partial charge on any atom is 0.243 e. The van der Waals surface area contributed by atoms with E-state index in [0.29, 0.717) is 21.4 Å². The van der Waals surface area contributed by atoms with Gasteiger partial charge in [0, 0.05) is 10.7 Å². The van der Waals surface area contributed by atoms with Crippen LogP contribution in [-0.2, 0) is 9.59 Å². The molecule has 126 valence electrons. The molecular weight excluding hydrogens is 349 g/mol. The molecule has 2 rings (SSSR count). The smallest absolute Gasteiger partial charge is 0.243 e. The van der Waals surface area contributed by atoms with Crippen LogP contribution in [0, 0.1) is 6.92 Å². The summed E-state index contributed by atoms with van der Waals surface area (Å²) in [4.78, 5) is 23.7. The summed E-state index contributed by atoms with van der Waals surface area (Å²) >= 11 is 12.0. The van der Waals surface area contributed by atoms with Crippen LogP contribution in [0.1, 0.15) is 5.56 Å². The highest BCUT2D eigenvalue weighted by atomic mass is 35.5. The van der Waals surface area contributed by atoms with Gasteiger partial charge in [-0.1, -0.05) is 41.4 Å². The fourth-order valence-electron chi connectivity index (χ4n) is 1.96. The van der Waals surface area contributed by atoms with E-state index in [-0.39, 0.29) is 24.9 Å². The summed E-state index contributed by atoms with van der Waals surface area (Å²) in [5.41, 5.74) is 2.06. The molecule has 5 nitrogen and oxygen atoms in total. The van der Waals surface area contributed by atoms with Crippen molar-refractivity contribution in [3.63, 3.8) is 0 Å². The Hall–Kier alpha value is -2.24. The van der Waals surface area contributed by atoms with E-state index in [1.807, 2.05) is 13.0 Å². The molecule has 0 fully saturated rings. The lowest BCUT2D eigenvalue weighted by Gasteiger charge is -2.11. The van der Waals surface area contributed by atoms with Crippen molar-refractivity contribution in [2.24, 2.45) is 0 Å². The standard InChI is InChI=1S/C17H17Cl2N3O2/c1-11-12(18)6-4-8-14(11)22-17(24)10-21-16(23)9-20-15-7-3-2-5-13(15)19/h2-8,20H,9-10H2,1H3,(H,21,23)(H,22,24). The number of carbonyl (C=O) groups excluding carboxylic acids is 2. The van der Waals surface area contributed by atoms with Gasteiger partial charge in [-0.3, -0.25) is 9.59 Å². The zero-order chi connectivity index (χ0) is 17.5. The highest BCUT2D eigenvalue weighted by Gasteiger charge is 2.09. The molecule has 0 spiro atoms. The summed E-state index contributed by atoms with van der Waals surface area (Å²) in [5, 5.41) is 9.25. The maximum absolute atomic E-state index is 11.9. The van der Waals surface area contributed by atoms with Crippen LogP contribution in [0.25, 0.3) is 0 Å². The van der Waals surface area contributed by atoms with Gasteiger partial charge >= 0.3 is 0 Å². The first-order valence-electron chi connectivity index (χ1n) is 7.27. The second-order valence-corrected chi connectivity index (χ2v) is 5.89. The number of para-hydroxylation sites is 1. The Morgan fingerprint density at radius 3 is 2.29 bits per heavy atom. The van der Waals surface area contributed by atoms with Crippen LogP contribution in [0.4, 0.5) is 11.4 Å². The third-order valence-corrected chi connectivity index (χ3v) is 4.04. The molecule has 0 unspecified atom stereocenters. The van der Waals surface area contributed by atoms with Crippen LogP contribution < -0.4 is 16.0 Å². The third-order valence-electron chi connectivity index (χ3n) is 3.30. The lowest BCUT2D eigenvalue weighted by atomic mass is 10.2. The highest BCUT2D eigenvalue weighted by Crippen LogP contribution is 2.22. The summed E-state index contributed by atoms with van der Waals surface area (Å²) < 4.78 is 0. The van der Waals surface area contributed by atoms with Crippen LogP contribution >= 0.6 is 23.2 Å². The molecule has 0 aromatic heterocycles. The van der Waals surface area contributed by atoms with Gasteiger partial charge in [-0.05, 0) is 36.8 Å². The molecule has 0 aliphatic heterocycles. The summed E-state index contributed by atoms with van der Waals surface area (Å²) in [6.45, 7) is 1.70. The molecular formula is C17H17Cl2N3O2. The molecule has 24 heavy (non-hydrogen) atoms. The molecule has 0 saturated carbocycles. The number of amides is 2. The summed E-state index contributed by atoms with van der Waals surface area (Å²) in [5.74, 6) is -0.639.